The fourth-order valence-electron chi connectivity index (χ4n) is 1.88. The molecule has 0 saturated carbocycles. The van der Waals surface area contributed by atoms with Crippen LogP contribution in [-0.4, -0.2) is 37.0 Å². The standard InChI is InChI=1S/C10H20N2O.C2H6/c1-9-4-3-6-12(8-9)7-5-11-10(2)13;1-2/h9H,3-8H2,1-2H3,(H,11,13);1-2H3/t9-;/m1./s1. The Bertz CT molecular complexity index is 171. The first kappa shape index (κ1) is 14.4. The number of rotatable bonds is 3. The van der Waals surface area contributed by atoms with E-state index in [0.717, 1.165) is 19.0 Å². The average molecular weight is 214 g/mol. The lowest BCUT2D eigenvalue weighted by atomic mass is 10.0. The van der Waals surface area contributed by atoms with E-state index in [0.29, 0.717) is 0 Å². The van der Waals surface area contributed by atoms with Gasteiger partial charge in [0.2, 0.25) is 5.91 Å². The van der Waals surface area contributed by atoms with Crippen molar-refractivity contribution in [2.75, 3.05) is 26.2 Å². The lowest BCUT2D eigenvalue weighted by Gasteiger charge is -2.30. The molecule has 3 nitrogen and oxygen atoms in total. The Morgan fingerprint density at radius 3 is 2.67 bits per heavy atom. The van der Waals surface area contributed by atoms with Crippen molar-refractivity contribution in [3.8, 4) is 0 Å². The molecule has 0 bridgehead atoms. The van der Waals surface area contributed by atoms with E-state index in [2.05, 4.69) is 17.1 Å². The molecule has 1 N–H and O–H groups in total. The number of nitrogens with zero attached hydrogens (tertiary/aromatic N) is 1. The van der Waals surface area contributed by atoms with Crippen molar-refractivity contribution in [2.45, 2.75) is 40.5 Å². The first-order valence-electron chi connectivity index (χ1n) is 6.15. The normalized spacial score (nSPS) is 21.5. The van der Waals surface area contributed by atoms with Gasteiger partial charge in [-0.1, -0.05) is 20.8 Å². The average Bonchev–Trinajstić information content (AvgIpc) is 2.20. The Morgan fingerprint density at radius 2 is 2.13 bits per heavy atom. The molecule has 3 heteroatoms. The number of likely N-dealkylation sites (tertiary alicyclic amines) is 1. The zero-order chi connectivity index (χ0) is 11.7. The zero-order valence-corrected chi connectivity index (χ0v) is 10.7. The minimum Gasteiger partial charge on any atom is -0.355 e. The monoisotopic (exact) mass is 214 g/mol. The SMILES string of the molecule is CC.CC(=O)NCCN1CCC[C@@H](C)C1. The number of amides is 1. The van der Waals surface area contributed by atoms with E-state index in [4.69, 9.17) is 0 Å². The van der Waals surface area contributed by atoms with Gasteiger partial charge < -0.3 is 10.2 Å². The molecule has 1 rings (SSSR count). The third kappa shape index (κ3) is 7.37. The van der Waals surface area contributed by atoms with E-state index in [1.807, 2.05) is 13.8 Å². The van der Waals surface area contributed by atoms with Crippen LogP contribution in [-0.2, 0) is 4.79 Å². The molecule has 1 fully saturated rings. The summed E-state index contributed by atoms with van der Waals surface area (Å²) in [4.78, 5) is 13.1. The zero-order valence-electron chi connectivity index (χ0n) is 10.7. The topological polar surface area (TPSA) is 32.3 Å². The highest BCUT2D eigenvalue weighted by Crippen LogP contribution is 2.14. The van der Waals surface area contributed by atoms with Crippen LogP contribution in [0.2, 0.25) is 0 Å². The van der Waals surface area contributed by atoms with E-state index >= 15 is 0 Å². The van der Waals surface area contributed by atoms with Crippen LogP contribution in [0.5, 0.6) is 0 Å². The quantitative estimate of drug-likeness (QED) is 0.778. The molecular formula is C12H26N2O. The van der Waals surface area contributed by atoms with Crippen LogP contribution in [0.4, 0.5) is 0 Å². The minimum absolute atomic E-state index is 0.0741. The molecule has 0 aromatic carbocycles. The summed E-state index contributed by atoms with van der Waals surface area (Å²) in [5.41, 5.74) is 0. The van der Waals surface area contributed by atoms with E-state index in [-0.39, 0.29) is 5.91 Å². The minimum atomic E-state index is 0.0741. The fourth-order valence-corrected chi connectivity index (χ4v) is 1.88. The molecule has 1 saturated heterocycles. The summed E-state index contributed by atoms with van der Waals surface area (Å²) >= 11 is 0. The summed E-state index contributed by atoms with van der Waals surface area (Å²) in [6.45, 7) is 12.1. The van der Waals surface area contributed by atoms with Gasteiger partial charge in [-0.05, 0) is 25.3 Å². The summed E-state index contributed by atoms with van der Waals surface area (Å²) in [6.07, 6.45) is 2.66. The molecule has 0 spiro atoms. The van der Waals surface area contributed by atoms with Gasteiger partial charge >= 0.3 is 0 Å². The van der Waals surface area contributed by atoms with Crippen molar-refractivity contribution >= 4 is 5.91 Å². The third-order valence-corrected chi connectivity index (χ3v) is 2.54. The Kier molecular flexibility index (Phi) is 8.38. The van der Waals surface area contributed by atoms with Crippen LogP contribution in [0.25, 0.3) is 0 Å². The largest absolute Gasteiger partial charge is 0.355 e. The number of piperidine rings is 1. The van der Waals surface area contributed by atoms with Gasteiger partial charge in [-0.3, -0.25) is 4.79 Å². The molecule has 90 valence electrons. The van der Waals surface area contributed by atoms with Gasteiger partial charge in [0.25, 0.3) is 0 Å². The molecule has 0 unspecified atom stereocenters. The second-order valence-electron chi connectivity index (χ2n) is 4.03. The van der Waals surface area contributed by atoms with Crippen LogP contribution in [0.3, 0.4) is 0 Å². The molecule has 0 radical (unpaired) electrons. The van der Waals surface area contributed by atoms with Crippen molar-refractivity contribution in [2.24, 2.45) is 5.92 Å². The smallest absolute Gasteiger partial charge is 0.216 e. The van der Waals surface area contributed by atoms with Gasteiger partial charge in [0.05, 0.1) is 0 Å². The predicted molar refractivity (Wildman–Crippen MR) is 64.9 cm³/mol. The molecule has 0 aromatic rings. The van der Waals surface area contributed by atoms with Gasteiger partial charge in [-0.25, -0.2) is 0 Å². The van der Waals surface area contributed by atoms with Crippen molar-refractivity contribution < 1.29 is 4.79 Å². The Balaban J connectivity index is 0.000000921. The second kappa shape index (κ2) is 8.72. The number of carbonyl (C=O) groups excluding carboxylic acids is 1. The van der Waals surface area contributed by atoms with Crippen molar-refractivity contribution in [1.82, 2.24) is 10.2 Å². The van der Waals surface area contributed by atoms with Crippen molar-refractivity contribution in [1.29, 1.82) is 0 Å². The molecule has 1 atom stereocenters. The molecule has 1 heterocycles. The number of hydrogen-bond acceptors (Lipinski definition) is 2. The maximum absolute atomic E-state index is 10.6. The maximum atomic E-state index is 10.6. The predicted octanol–water partition coefficient (Wildman–Crippen LogP) is 1.88. The lowest BCUT2D eigenvalue weighted by Crippen LogP contribution is -2.39. The number of hydrogen-bond donors (Lipinski definition) is 1. The molecular weight excluding hydrogens is 188 g/mol. The van der Waals surface area contributed by atoms with Gasteiger partial charge in [-0.15, -0.1) is 0 Å². The number of nitrogens with one attached hydrogen (secondary N) is 1. The van der Waals surface area contributed by atoms with E-state index in [1.165, 1.54) is 25.9 Å². The van der Waals surface area contributed by atoms with E-state index in [1.54, 1.807) is 6.92 Å². The molecule has 1 aliphatic heterocycles. The van der Waals surface area contributed by atoms with Crippen LogP contribution < -0.4 is 5.32 Å². The third-order valence-electron chi connectivity index (χ3n) is 2.54. The van der Waals surface area contributed by atoms with Gasteiger partial charge in [0.1, 0.15) is 0 Å². The maximum Gasteiger partial charge on any atom is 0.216 e. The molecule has 15 heavy (non-hydrogen) atoms. The summed E-state index contributed by atoms with van der Waals surface area (Å²) in [5.74, 6) is 0.899. The Morgan fingerprint density at radius 1 is 1.47 bits per heavy atom. The fraction of sp³-hybridized carbons (Fsp3) is 0.917. The van der Waals surface area contributed by atoms with Gasteiger partial charge in [0.15, 0.2) is 0 Å². The van der Waals surface area contributed by atoms with E-state index in [9.17, 15) is 4.79 Å². The first-order chi connectivity index (χ1) is 7.18. The highest BCUT2D eigenvalue weighted by atomic mass is 16.1. The summed E-state index contributed by atoms with van der Waals surface area (Å²) in [6, 6.07) is 0. The lowest BCUT2D eigenvalue weighted by molar-refractivity contribution is -0.119. The number of carbonyl (C=O) groups is 1. The highest BCUT2D eigenvalue weighted by molar-refractivity contribution is 5.72. The van der Waals surface area contributed by atoms with Crippen molar-refractivity contribution in [3.63, 3.8) is 0 Å². The molecule has 1 aliphatic rings. The summed E-state index contributed by atoms with van der Waals surface area (Å²) in [7, 11) is 0. The van der Waals surface area contributed by atoms with Crippen LogP contribution in [0, 0.1) is 5.92 Å². The van der Waals surface area contributed by atoms with Crippen LogP contribution in [0.1, 0.15) is 40.5 Å². The molecule has 1 amide bonds. The first-order valence-corrected chi connectivity index (χ1v) is 6.15. The summed E-state index contributed by atoms with van der Waals surface area (Å²) < 4.78 is 0. The van der Waals surface area contributed by atoms with E-state index < -0.39 is 0 Å². The molecule has 0 aromatic heterocycles. The summed E-state index contributed by atoms with van der Waals surface area (Å²) in [5, 5.41) is 2.83. The highest BCUT2D eigenvalue weighted by Gasteiger charge is 2.15. The second-order valence-corrected chi connectivity index (χ2v) is 4.03. The van der Waals surface area contributed by atoms with Crippen molar-refractivity contribution in [3.05, 3.63) is 0 Å². The molecule has 0 aliphatic carbocycles. The van der Waals surface area contributed by atoms with Crippen LogP contribution >= 0.6 is 0 Å². The van der Waals surface area contributed by atoms with Gasteiger partial charge in [0, 0.05) is 26.6 Å². The van der Waals surface area contributed by atoms with Gasteiger partial charge in [-0.2, -0.15) is 0 Å². The van der Waals surface area contributed by atoms with Crippen LogP contribution in [0.15, 0.2) is 0 Å². The Hall–Kier alpha value is -0.570. The Labute approximate surface area is 94.2 Å².